The molecule has 2 rings (SSSR count). The summed E-state index contributed by atoms with van der Waals surface area (Å²) in [6.45, 7) is 2.22. The van der Waals surface area contributed by atoms with Gasteiger partial charge in [0.2, 0.25) is 0 Å². The fourth-order valence-corrected chi connectivity index (χ4v) is 2.71. The van der Waals surface area contributed by atoms with E-state index in [-0.39, 0.29) is 12.4 Å². The average molecular weight is 279 g/mol. The van der Waals surface area contributed by atoms with Crippen molar-refractivity contribution >= 4 is 36.0 Å². The Balaban J connectivity index is 0.00000128. The average Bonchev–Trinajstić information content (AvgIpc) is 2.29. The van der Waals surface area contributed by atoms with Crippen LogP contribution in [0.3, 0.4) is 0 Å². The maximum Gasteiger partial charge on any atom is 0.0555 e. The largest absolute Gasteiger partial charge is 0.317 e. The first-order valence-electron chi connectivity index (χ1n) is 5.24. The zero-order chi connectivity index (χ0) is 10.5. The summed E-state index contributed by atoms with van der Waals surface area (Å²) in [5, 5.41) is 4.17. The van der Waals surface area contributed by atoms with E-state index in [1.54, 1.807) is 11.9 Å². The summed E-state index contributed by atoms with van der Waals surface area (Å²) in [4.78, 5) is 1.11. The lowest BCUT2D eigenvalue weighted by Crippen LogP contribution is -2.37. The molecule has 2 nitrogen and oxygen atoms in total. The highest BCUT2D eigenvalue weighted by Crippen LogP contribution is 2.25. The Hall–Kier alpha value is 0.0700. The Morgan fingerprint density at radius 3 is 2.62 bits per heavy atom. The van der Waals surface area contributed by atoms with Crippen LogP contribution in [-0.2, 0) is 0 Å². The summed E-state index contributed by atoms with van der Waals surface area (Å²) in [6, 6.07) is 8.54. The van der Waals surface area contributed by atoms with E-state index in [4.69, 9.17) is 11.6 Å². The first-order chi connectivity index (χ1) is 7.36. The van der Waals surface area contributed by atoms with Crippen molar-refractivity contribution in [3.63, 3.8) is 0 Å². The Labute approximate surface area is 112 Å². The zero-order valence-corrected chi connectivity index (χ0v) is 11.3. The second-order valence-corrected chi connectivity index (χ2v) is 4.96. The number of piperidine rings is 1. The van der Waals surface area contributed by atoms with Gasteiger partial charge in [0, 0.05) is 10.9 Å². The van der Waals surface area contributed by atoms with Crippen LogP contribution < -0.4 is 10.0 Å². The summed E-state index contributed by atoms with van der Waals surface area (Å²) in [6.07, 6.45) is 2.38. The Kier molecular flexibility index (Phi) is 6.54. The molecule has 16 heavy (non-hydrogen) atoms. The summed E-state index contributed by atoms with van der Waals surface area (Å²) in [5.74, 6) is 0. The molecule has 5 heteroatoms. The van der Waals surface area contributed by atoms with Gasteiger partial charge in [-0.3, -0.25) is 4.72 Å². The normalized spacial score (nSPS) is 16.8. The second kappa shape index (κ2) is 7.41. The molecule has 1 heterocycles. The summed E-state index contributed by atoms with van der Waals surface area (Å²) < 4.78 is 3.47. The molecule has 0 unspecified atom stereocenters. The van der Waals surface area contributed by atoms with Gasteiger partial charge in [0.1, 0.15) is 0 Å². The SMILES string of the molecule is Cl.Clc1ccccc1SNC1CCNCC1. The molecular formula is C11H16Cl2N2S. The van der Waals surface area contributed by atoms with Gasteiger partial charge in [0.15, 0.2) is 0 Å². The molecule has 90 valence electrons. The van der Waals surface area contributed by atoms with Crippen LogP contribution in [0.1, 0.15) is 12.8 Å². The highest BCUT2D eigenvalue weighted by Gasteiger charge is 2.12. The third kappa shape index (κ3) is 4.15. The molecule has 1 aliphatic heterocycles. The fraction of sp³-hybridized carbons (Fsp3) is 0.455. The van der Waals surface area contributed by atoms with Crippen molar-refractivity contribution in [3.05, 3.63) is 29.3 Å². The molecule has 0 aliphatic carbocycles. The first-order valence-corrected chi connectivity index (χ1v) is 6.43. The van der Waals surface area contributed by atoms with Crippen molar-refractivity contribution in [1.29, 1.82) is 0 Å². The smallest absolute Gasteiger partial charge is 0.0555 e. The molecule has 1 aliphatic rings. The topological polar surface area (TPSA) is 24.1 Å². The molecule has 0 spiro atoms. The number of rotatable bonds is 3. The lowest BCUT2D eigenvalue weighted by atomic mass is 10.1. The number of hydrogen-bond acceptors (Lipinski definition) is 3. The number of benzene rings is 1. The van der Waals surface area contributed by atoms with Gasteiger partial charge >= 0.3 is 0 Å². The molecule has 0 aromatic heterocycles. The molecule has 0 bridgehead atoms. The number of halogens is 2. The van der Waals surface area contributed by atoms with Crippen molar-refractivity contribution in [2.45, 2.75) is 23.8 Å². The molecule has 0 saturated carbocycles. The van der Waals surface area contributed by atoms with Crippen LogP contribution in [0.2, 0.25) is 5.02 Å². The minimum atomic E-state index is 0. The Morgan fingerprint density at radius 1 is 1.25 bits per heavy atom. The third-order valence-electron chi connectivity index (χ3n) is 2.51. The zero-order valence-electron chi connectivity index (χ0n) is 8.91. The lowest BCUT2D eigenvalue weighted by molar-refractivity contribution is 0.439. The monoisotopic (exact) mass is 278 g/mol. The van der Waals surface area contributed by atoms with E-state index >= 15 is 0 Å². The minimum absolute atomic E-state index is 0. The van der Waals surface area contributed by atoms with E-state index in [2.05, 4.69) is 10.0 Å². The summed E-state index contributed by atoms with van der Waals surface area (Å²) in [7, 11) is 0. The van der Waals surface area contributed by atoms with Crippen LogP contribution in [0, 0.1) is 0 Å². The third-order valence-corrected chi connectivity index (χ3v) is 3.98. The van der Waals surface area contributed by atoms with Crippen LogP contribution in [0.25, 0.3) is 0 Å². The van der Waals surface area contributed by atoms with E-state index in [0.717, 1.165) is 23.0 Å². The maximum atomic E-state index is 6.07. The van der Waals surface area contributed by atoms with Gasteiger partial charge in [-0.1, -0.05) is 23.7 Å². The molecule has 1 saturated heterocycles. The number of hydrogen-bond donors (Lipinski definition) is 2. The quantitative estimate of drug-likeness (QED) is 0.831. The van der Waals surface area contributed by atoms with Crippen molar-refractivity contribution in [3.8, 4) is 0 Å². The van der Waals surface area contributed by atoms with Gasteiger partial charge in [-0.05, 0) is 50.0 Å². The van der Waals surface area contributed by atoms with Crippen molar-refractivity contribution < 1.29 is 0 Å². The van der Waals surface area contributed by atoms with Crippen molar-refractivity contribution in [1.82, 2.24) is 10.0 Å². The second-order valence-electron chi connectivity index (χ2n) is 3.67. The van der Waals surface area contributed by atoms with Gasteiger partial charge in [0.25, 0.3) is 0 Å². The molecule has 1 fully saturated rings. The molecule has 1 aromatic carbocycles. The predicted octanol–water partition coefficient (Wildman–Crippen LogP) is 3.11. The molecule has 0 radical (unpaired) electrons. The van der Waals surface area contributed by atoms with Crippen LogP contribution in [0.4, 0.5) is 0 Å². The molecule has 2 N–H and O–H groups in total. The summed E-state index contributed by atoms with van der Waals surface area (Å²) >= 11 is 7.71. The van der Waals surface area contributed by atoms with Crippen molar-refractivity contribution in [2.24, 2.45) is 0 Å². The fourth-order valence-electron chi connectivity index (χ4n) is 1.61. The van der Waals surface area contributed by atoms with Gasteiger partial charge in [-0.2, -0.15) is 0 Å². The molecule has 0 amide bonds. The lowest BCUT2D eigenvalue weighted by Gasteiger charge is -2.23. The predicted molar refractivity (Wildman–Crippen MR) is 73.6 cm³/mol. The van der Waals surface area contributed by atoms with Crippen LogP contribution in [0.5, 0.6) is 0 Å². The summed E-state index contributed by atoms with van der Waals surface area (Å²) in [5.41, 5.74) is 0. The van der Waals surface area contributed by atoms with E-state index < -0.39 is 0 Å². The highest BCUT2D eigenvalue weighted by molar-refractivity contribution is 7.97. The van der Waals surface area contributed by atoms with E-state index in [1.807, 2.05) is 24.3 Å². The van der Waals surface area contributed by atoms with E-state index in [9.17, 15) is 0 Å². The van der Waals surface area contributed by atoms with Crippen molar-refractivity contribution in [2.75, 3.05) is 13.1 Å². The van der Waals surface area contributed by atoms with Gasteiger partial charge in [-0.25, -0.2) is 0 Å². The van der Waals surface area contributed by atoms with E-state index in [1.165, 1.54) is 12.8 Å². The first kappa shape index (κ1) is 14.1. The molecular weight excluding hydrogens is 263 g/mol. The highest BCUT2D eigenvalue weighted by atomic mass is 35.5. The minimum Gasteiger partial charge on any atom is -0.317 e. The van der Waals surface area contributed by atoms with Gasteiger partial charge in [0.05, 0.1) is 5.02 Å². The molecule has 0 atom stereocenters. The van der Waals surface area contributed by atoms with Crippen LogP contribution in [0.15, 0.2) is 29.2 Å². The molecule has 1 aromatic rings. The van der Waals surface area contributed by atoms with Gasteiger partial charge in [-0.15, -0.1) is 12.4 Å². The maximum absolute atomic E-state index is 6.07. The number of nitrogens with one attached hydrogen (secondary N) is 2. The van der Waals surface area contributed by atoms with Gasteiger partial charge < -0.3 is 5.32 Å². The van der Waals surface area contributed by atoms with E-state index in [0.29, 0.717) is 6.04 Å². The Morgan fingerprint density at radius 2 is 1.94 bits per heavy atom. The standard InChI is InChI=1S/C11H15ClN2S.ClH/c12-10-3-1-2-4-11(10)15-14-9-5-7-13-8-6-9;/h1-4,9,13-14H,5-8H2;1H. The Bertz CT molecular complexity index is 317. The van der Waals surface area contributed by atoms with Crippen LogP contribution in [-0.4, -0.2) is 19.1 Å². The van der Waals surface area contributed by atoms with Crippen LogP contribution >= 0.6 is 36.0 Å².